The molecule has 0 aliphatic rings. The van der Waals surface area contributed by atoms with Crippen LogP contribution in [0.1, 0.15) is 22.8 Å². The Morgan fingerprint density at radius 2 is 2.00 bits per heavy atom. The number of hydrogen-bond donors (Lipinski definition) is 3. The number of carboxylic acids is 1. The van der Waals surface area contributed by atoms with Gasteiger partial charge in [-0.05, 0) is 51.7 Å². The fourth-order valence-electron chi connectivity index (χ4n) is 1.58. The van der Waals surface area contributed by atoms with E-state index in [1.54, 1.807) is 19.1 Å². The highest BCUT2D eigenvalue weighted by Crippen LogP contribution is 2.15. The number of carboxylic acid groups (broad SMARTS) is 1. The first-order chi connectivity index (χ1) is 9.31. The van der Waals surface area contributed by atoms with Gasteiger partial charge in [-0.25, -0.2) is 9.59 Å². The van der Waals surface area contributed by atoms with E-state index in [9.17, 15) is 9.59 Å². The molecule has 1 unspecified atom stereocenters. The number of nitrogens with one attached hydrogen (secondary N) is 2. The molecule has 6 heteroatoms. The molecule has 0 bridgehead atoms. The summed E-state index contributed by atoms with van der Waals surface area (Å²) in [5, 5.41) is 14.4. The van der Waals surface area contributed by atoms with Crippen molar-refractivity contribution in [2.24, 2.45) is 0 Å². The van der Waals surface area contributed by atoms with Gasteiger partial charge in [0.1, 0.15) is 0 Å². The third-order valence-electron chi connectivity index (χ3n) is 3.15. The highest BCUT2D eigenvalue weighted by Gasteiger charge is 2.10. The van der Waals surface area contributed by atoms with Crippen LogP contribution in [0.15, 0.2) is 18.2 Å². The molecule has 0 aliphatic carbocycles. The van der Waals surface area contributed by atoms with Crippen molar-refractivity contribution in [1.29, 1.82) is 0 Å². The fraction of sp³-hybridized carbons (Fsp3) is 0.429. The molecule has 0 heterocycles. The highest BCUT2D eigenvalue weighted by molar-refractivity contribution is 5.92. The maximum atomic E-state index is 11.7. The Bertz CT molecular complexity index is 500. The summed E-state index contributed by atoms with van der Waals surface area (Å²) in [6, 6.07) is 4.62. The van der Waals surface area contributed by atoms with Crippen molar-refractivity contribution in [1.82, 2.24) is 10.2 Å². The number of likely N-dealkylation sites (N-methyl/N-ethyl adjacent to an activating group) is 1. The topological polar surface area (TPSA) is 81.7 Å². The van der Waals surface area contributed by atoms with E-state index in [4.69, 9.17) is 5.11 Å². The number of anilines is 1. The maximum absolute atomic E-state index is 11.7. The molecule has 0 fully saturated rings. The molecule has 0 radical (unpaired) electrons. The summed E-state index contributed by atoms with van der Waals surface area (Å²) in [6.45, 7) is 4.23. The molecule has 1 rings (SSSR count). The molecular weight excluding hydrogens is 258 g/mol. The molecule has 1 atom stereocenters. The standard InChI is InChI=1S/C14H21N3O3/c1-9-7-11(5-6-12(9)13(18)19)16-14(20)15-8-10(2)17(3)4/h5-7,10H,8H2,1-4H3,(H,18,19)(H2,15,16,20). The third-order valence-corrected chi connectivity index (χ3v) is 3.15. The Labute approximate surface area is 118 Å². The SMILES string of the molecule is Cc1cc(NC(=O)NCC(C)N(C)C)ccc1C(=O)O. The van der Waals surface area contributed by atoms with E-state index in [1.165, 1.54) is 6.07 Å². The fourth-order valence-corrected chi connectivity index (χ4v) is 1.58. The minimum absolute atomic E-state index is 0.233. The van der Waals surface area contributed by atoms with Crippen LogP contribution < -0.4 is 10.6 Å². The second-order valence-electron chi connectivity index (χ2n) is 4.98. The minimum atomic E-state index is -0.974. The van der Waals surface area contributed by atoms with Crippen LogP contribution in [-0.4, -0.2) is 48.7 Å². The second-order valence-corrected chi connectivity index (χ2v) is 4.98. The van der Waals surface area contributed by atoms with E-state index in [2.05, 4.69) is 10.6 Å². The summed E-state index contributed by atoms with van der Waals surface area (Å²) >= 11 is 0. The first-order valence-electron chi connectivity index (χ1n) is 6.36. The zero-order valence-corrected chi connectivity index (χ0v) is 12.2. The number of carbonyl (C=O) groups excluding carboxylic acids is 1. The average Bonchev–Trinajstić information content (AvgIpc) is 2.35. The monoisotopic (exact) mass is 279 g/mol. The summed E-state index contributed by atoms with van der Waals surface area (Å²) in [7, 11) is 3.89. The van der Waals surface area contributed by atoms with Crippen LogP contribution in [0, 0.1) is 6.92 Å². The van der Waals surface area contributed by atoms with Gasteiger partial charge in [0.15, 0.2) is 0 Å². The maximum Gasteiger partial charge on any atom is 0.335 e. The van der Waals surface area contributed by atoms with Crippen molar-refractivity contribution in [3.8, 4) is 0 Å². The summed E-state index contributed by atoms with van der Waals surface area (Å²) < 4.78 is 0. The van der Waals surface area contributed by atoms with Gasteiger partial charge < -0.3 is 20.6 Å². The number of carbonyl (C=O) groups is 2. The van der Waals surface area contributed by atoms with Crippen LogP contribution in [0.4, 0.5) is 10.5 Å². The van der Waals surface area contributed by atoms with Gasteiger partial charge in [0.2, 0.25) is 0 Å². The zero-order valence-electron chi connectivity index (χ0n) is 12.2. The minimum Gasteiger partial charge on any atom is -0.478 e. The van der Waals surface area contributed by atoms with Crippen LogP contribution in [0.2, 0.25) is 0 Å². The summed E-state index contributed by atoms with van der Waals surface area (Å²) in [5.41, 5.74) is 1.41. The van der Waals surface area contributed by atoms with Gasteiger partial charge >= 0.3 is 12.0 Å². The highest BCUT2D eigenvalue weighted by atomic mass is 16.4. The lowest BCUT2D eigenvalue weighted by Gasteiger charge is -2.20. The molecule has 0 aliphatic heterocycles. The van der Waals surface area contributed by atoms with Crippen molar-refractivity contribution in [2.45, 2.75) is 19.9 Å². The zero-order chi connectivity index (χ0) is 15.3. The molecule has 20 heavy (non-hydrogen) atoms. The third kappa shape index (κ3) is 4.55. The molecule has 6 nitrogen and oxygen atoms in total. The number of rotatable bonds is 5. The molecular formula is C14H21N3O3. The Balaban J connectivity index is 2.58. The molecule has 0 saturated carbocycles. The Morgan fingerprint density at radius 3 is 2.50 bits per heavy atom. The van der Waals surface area contributed by atoms with Gasteiger partial charge in [0.05, 0.1) is 5.56 Å². The Morgan fingerprint density at radius 1 is 1.35 bits per heavy atom. The Kier molecular flexibility index (Phi) is 5.52. The van der Waals surface area contributed by atoms with Gasteiger partial charge in [0, 0.05) is 18.3 Å². The van der Waals surface area contributed by atoms with Gasteiger partial charge in [0.25, 0.3) is 0 Å². The van der Waals surface area contributed by atoms with Crippen molar-refractivity contribution >= 4 is 17.7 Å². The van der Waals surface area contributed by atoms with Crippen molar-refractivity contribution < 1.29 is 14.7 Å². The van der Waals surface area contributed by atoms with Crippen LogP contribution in [0.5, 0.6) is 0 Å². The number of aromatic carboxylic acids is 1. The van der Waals surface area contributed by atoms with Gasteiger partial charge in [-0.1, -0.05) is 0 Å². The number of amides is 2. The summed E-state index contributed by atoms with van der Waals surface area (Å²) in [5.74, 6) is -0.974. The Hall–Kier alpha value is -2.08. The lowest BCUT2D eigenvalue weighted by atomic mass is 10.1. The quantitative estimate of drug-likeness (QED) is 0.767. The smallest absolute Gasteiger partial charge is 0.335 e. The van der Waals surface area contributed by atoms with E-state index >= 15 is 0 Å². The number of aryl methyl sites for hydroxylation is 1. The van der Waals surface area contributed by atoms with Crippen molar-refractivity contribution in [3.63, 3.8) is 0 Å². The largest absolute Gasteiger partial charge is 0.478 e. The first-order valence-corrected chi connectivity index (χ1v) is 6.36. The number of urea groups is 1. The van der Waals surface area contributed by atoms with E-state index in [1.807, 2.05) is 25.9 Å². The van der Waals surface area contributed by atoms with E-state index in [0.29, 0.717) is 17.8 Å². The van der Waals surface area contributed by atoms with E-state index < -0.39 is 5.97 Å². The van der Waals surface area contributed by atoms with Crippen molar-refractivity contribution in [2.75, 3.05) is 26.0 Å². The molecule has 3 N–H and O–H groups in total. The lowest BCUT2D eigenvalue weighted by Crippen LogP contribution is -2.40. The molecule has 0 spiro atoms. The normalized spacial score (nSPS) is 12.1. The predicted molar refractivity (Wildman–Crippen MR) is 78.3 cm³/mol. The molecule has 1 aromatic carbocycles. The molecule has 0 aromatic heterocycles. The van der Waals surface area contributed by atoms with Crippen LogP contribution in [0.3, 0.4) is 0 Å². The van der Waals surface area contributed by atoms with Gasteiger partial charge in [-0.15, -0.1) is 0 Å². The average molecular weight is 279 g/mol. The van der Waals surface area contributed by atoms with Crippen LogP contribution in [0.25, 0.3) is 0 Å². The number of benzene rings is 1. The summed E-state index contributed by atoms with van der Waals surface area (Å²) in [4.78, 5) is 24.6. The molecule has 1 aromatic rings. The van der Waals surface area contributed by atoms with E-state index in [-0.39, 0.29) is 17.6 Å². The van der Waals surface area contributed by atoms with Crippen molar-refractivity contribution in [3.05, 3.63) is 29.3 Å². The summed E-state index contributed by atoms with van der Waals surface area (Å²) in [6.07, 6.45) is 0. The molecule has 2 amide bonds. The van der Waals surface area contributed by atoms with Gasteiger partial charge in [-0.3, -0.25) is 0 Å². The van der Waals surface area contributed by atoms with Crippen LogP contribution in [-0.2, 0) is 0 Å². The van der Waals surface area contributed by atoms with Crippen LogP contribution >= 0.6 is 0 Å². The lowest BCUT2D eigenvalue weighted by molar-refractivity contribution is 0.0696. The predicted octanol–water partition coefficient (Wildman–Crippen LogP) is 1.76. The first kappa shape index (κ1) is 16.0. The molecule has 110 valence electrons. The number of nitrogens with zero attached hydrogens (tertiary/aromatic N) is 1. The second kappa shape index (κ2) is 6.91. The number of hydrogen-bond acceptors (Lipinski definition) is 3. The van der Waals surface area contributed by atoms with Gasteiger partial charge in [-0.2, -0.15) is 0 Å². The molecule has 0 saturated heterocycles. The van der Waals surface area contributed by atoms with E-state index in [0.717, 1.165) is 0 Å².